The zero-order valence-electron chi connectivity index (χ0n) is 13.4. The van der Waals surface area contributed by atoms with Gasteiger partial charge in [0.2, 0.25) is 0 Å². The molecule has 4 aromatic heterocycles. The molecule has 128 valence electrons. The van der Waals surface area contributed by atoms with Crippen molar-refractivity contribution in [3.05, 3.63) is 58.7 Å². The third-order valence-corrected chi connectivity index (χ3v) is 5.27. The summed E-state index contributed by atoms with van der Waals surface area (Å²) >= 11 is 3.42. The minimum atomic E-state index is -0.00369. The largest absolute Gasteiger partial charge is 0.291 e. The Kier molecular flexibility index (Phi) is 4.22. The van der Waals surface area contributed by atoms with Gasteiger partial charge in [0.1, 0.15) is 27.7 Å². The highest BCUT2D eigenvalue weighted by atomic mass is 79.9. The van der Waals surface area contributed by atoms with E-state index in [-0.39, 0.29) is 12.3 Å². The molecule has 0 aliphatic heterocycles. The predicted molar refractivity (Wildman–Crippen MR) is 101 cm³/mol. The van der Waals surface area contributed by atoms with Crippen LogP contribution in [-0.4, -0.2) is 23.6 Å². The van der Waals surface area contributed by atoms with Gasteiger partial charge in [-0.1, -0.05) is 6.07 Å². The molecule has 0 aliphatic rings. The number of rotatable bonds is 3. The van der Waals surface area contributed by atoms with Gasteiger partial charge in [0.05, 0.1) is 11.9 Å². The van der Waals surface area contributed by atoms with Crippen molar-refractivity contribution in [1.82, 2.24) is 23.6 Å². The van der Waals surface area contributed by atoms with E-state index in [0.29, 0.717) is 32.9 Å². The van der Waals surface area contributed by atoms with E-state index in [1.54, 1.807) is 16.7 Å². The van der Waals surface area contributed by atoms with Gasteiger partial charge in [-0.2, -0.15) is 14.4 Å². The summed E-state index contributed by atoms with van der Waals surface area (Å²) < 4.78 is 16.6. The number of halogens is 2. The average Bonchev–Trinajstić information content (AvgIpc) is 3.21. The molecular weight excluding hydrogens is 419 g/mol. The van der Waals surface area contributed by atoms with Gasteiger partial charge in [-0.3, -0.25) is 9.38 Å². The first-order valence-corrected chi connectivity index (χ1v) is 8.98. The van der Waals surface area contributed by atoms with Crippen LogP contribution in [0.25, 0.3) is 28.2 Å². The van der Waals surface area contributed by atoms with Crippen LogP contribution in [0, 0.1) is 18.3 Å². The Morgan fingerprint density at radius 3 is 2.85 bits per heavy atom. The molecule has 0 fully saturated rings. The summed E-state index contributed by atoms with van der Waals surface area (Å²) in [5.74, 6) is 0. The van der Waals surface area contributed by atoms with Gasteiger partial charge in [-0.15, -0.1) is 3.89 Å². The van der Waals surface area contributed by atoms with E-state index in [1.165, 1.54) is 6.20 Å². The summed E-state index contributed by atoms with van der Waals surface area (Å²) in [6.07, 6.45) is 3.30. The molecule has 0 amide bonds. The lowest BCUT2D eigenvalue weighted by Crippen LogP contribution is -1.92. The van der Waals surface area contributed by atoms with Gasteiger partial charge in [-0.05, 0) is 47.1 Å². The van der Waals surface area contributed by atoms with Gasteiger partial charge >= 0.3 is 0 Å². The van der Waals surface area contributed by atoms with E-state index in [4.69, 9.17) is 0 Å². The van der Waals surface area contributed by atoms with Crippen LogP contribution in [0.3, 0.4) is 0 Å². The van der Waals surface area contributed by atoms with E-state index in [0.717, 1.165) is 15.3 Å². The van der Waals surface area contributed by atoms with Crippen LogP contribution in [0.15, 0.2) is 47.3 Å². The Hall–Kier alpha value is -2.70. The molecule has 0 aliphatic carbocycles. The summed E-state index contributed by atoms with van der Waals surface area (Å²) in [6.45, 7) is 1.88. The quantitative estimate of drug-likeness (QED) is 0.477. The fourth-order valence-corrected chi connectivity index (χ4v) is 3.67. The van der Waals surface area contributed by atoms with Crippen molar-refractivity contribution in [3.63, 3.8) is 0 Å². The lowest BCUT2D eigenvalue weighted by Gasteiger charge is -2.05. The minimum Gasteiger partial charge on any atom is -0.291 e. The lowest BCUT2D eigenvalue weighted by atomic mass is 10.1. The topological polar surface area (TPSA) is 71.8 Å². The van der Waals surface area contributed by atoms with Crippen molar-refractivity contribution in [2.45, 2.75) is 6.92 Å². The molecule has 0 atom stereocenters. The number of aromatic nitrogens is 5. The summed E-state index contributed by atoms with van der Waals surface area (Å²) in [6, 6.07) is 11.4. The second kappa shape index (κ2) is 6.55. The molecular formula is C17H10BrFN6S. The van der Waals surface area contributed by atoms with Crippen LogP contribution in [0.2, 0.25) is 0 Å². The highest BCUT2D eigenvalue weighted by Crippen LogP contribution is 2.38. The van der Waals surface area contributed by atoms with E-state index < -0.39 is 0 Å². The first kappa shape index (κ1) is 16.8. The Morgan fingerprint density at radius 1 is 1.27 bits per heavy atom. The van der Waals surface area contributed by atoms with Crippen LogP contribution in [0.4, 0.5) is 3.89 Å². The number of hydrogen-bond donors (Lipinski definition) is 0. The molecule has 4 rings (SSSR count). The fraction of sp³-hybridized carbons (Fsp3) is 0.0588. The summed E-state index contributed by atoms with van der Waals surface area (Å²) in [5.41, 5.74) is 4.54. The predicted octanol–water partition coefficient (Wildman–Crippen LogP) is 4.58. The van der Waals surface area contributed by atoms with Crippen molar-refractivity contribution >= 4 is 33.9 Å². The maximum Gasteiger partial charge on any atom is 0.188 e. The molecule has 0 saturated carbocycles. The lowest BCUT2D eigenvalue weighted by molar-refractivity contribution is 0.871. The summed E-state index contributed by atoms with van der Waals surface area (Å²) in [5, 5.41) is 13.6. The summed E-state index contributed by atoms with van der Waals surface area (Å²) in [7, 11) is 0. The molecule has 0 saturated heterocycles. The van der Waals surface area contributed by atoms with Crippen LogP contribution in [0.1, 0.15) is 11.4 Å². The smallest absolute Gasteiger partial charge is 0.188 e. The molecule has 9 heteroatoms. The number of fused-ring (bicyclic) bond motifs is 1. The molecule has 0 N–H and O–H groups in total. The Bertz CT molecular complexity index is 1180. The normalized spacial score (nSPS) is 11.0. The van der Waals surface area contributed by atoms with Crippen LogP contribution in [-0.2, 0) is 0 Å². The summed E-state index contributed by atoms with van der Waals surface area (Å²) in [4.78, 5) is 8.70. The molecule has 0 unspecified atom stereocenters. The van der Waals surface area contributed by atoms with E-state index in [9.17, 15) is 9.15 Å². The van der Waals surface area contributed by atoms with Crippen LogP contribution in [0.5, 0.6) is 0 Å². The maximum atomic E-state index is 13.3. The monoisotopic (exact) mass is 428 g/mol. The standard InChI is InChI=1S/C17H10BrFN6S/c1-10-3-2-4-13(22-10)16-15(17(18)25(23-16)26-19)11-5-6-14-21-8-12(7-20)24(14)9-11/h2-6,8-9H,1H3. The highest BCUT2D eigenvalue weighted by Gasteiger charge is 2.21. The Balaban J connectivity index is 1.99. The Morgan fingerprint density at radius 2 is 2.12 bits per heavy atom. The third-order valence-electron chi connectivity index (χ3n) is 3.91. The average molecular weight is 429 g/mol. The molecule has 4 heterocycles. The van der Waals surface area contributed by atoms with Crippen molar-refractivity contribution in [3.8, 4) is 28.6 Å². The van der Waals surface area contributed by atoms with Crippen LogP contribution < -0.4 is 0 Å². The molecule has 0 spiro atoms. The second-order valence-corrected chi connectivity index (χ2v) is 6.76. The highest BCUT2D eigenvalue weighted by molar-refractivity contribution is 9.10. The SMILES string of the molecule is Cc1cccc(-c2nn(SF)c(Br)c2-c2ccc3ncc(C#N)n3c2)n1. The second-order valence-electron chi connectivity index (χ2n) is 5.52. The van der Waals surface area contributed by atoms with Gasteiger partial charge in [0, 0.05) is 23.0 Å². The molecule has 6 nitrogen and oxygen atoms in total. The van der Waals surface area contributed by atoms with E-state index >= 15 is 0 Å². The van der Waals surface area contributed by atoms with E-state index in [1.807, 2.05) is 31.2 Å². The van der Waals surface area contributed by atoms with Crippen molar-refractivity contribution in [1.29, 1.82) is 5.26 Å². The van der Waals surface area contributed by atoms with Gasteiger partial charge < -0.3 is 0 Å². The number of hydrogen-bond acceptors (Lipinski definition) is 5. The number of pyridine rings is 2. The van der Waals surface area contributed by atoms with Gasteiger partial charge in [-0.25, -0.2) is 4.98 Å². The van der Waals surface area contributed by atoms with Gasteiger partial charge in [0.25, 0.3) is 0 Å². The third kappa shape index (κ3) is 2.67. The van der Waals surface area contributed by atoms with Crippen LogP contribution >= 0.6 is 28.3 Å². The minimum absolute atomic E-state index is 0.00369. The maximum absolute atomic E-state index is 13.3. The number of imidazole rings is 1. The van der Waals surface area contributed by atoms with Crippen molar-refractivity contribution < 1.29 is 3.89 Å². The zero-order chi connectivity index (χ0) is 18.3. The molecule has 4 aromatic rings. The first-order chi connectivity index (χ1) is 12.6. The molecule has 0 aromatic carbocycles. The van der Waals surface area contributed by atoms with Crippen molar-refractivity contribution in [2.75, 3.05) is 0 Å². The fourth-order valence-electron chi connectivity index (χ4n) is 2.74. The molecule has 0 radical (unpaired) electrons. The number of nitrogens with zero attached hydrogens (tertiary/aromatic N) is 6. The molecule has 26 heavy (non-hydrogen) atoms. The Labute approximate surface area is 160 Å². The van der Waals surface area contributed by atoms with E-state index in [2.05, 4.69) is 37.1 Å². The number of nitriles is 1. The molecule has 0 bridgehead atoms. The first-order valence-electron chi connectivity index (χ1n) is 7.51. The van der Waals surface area contributed by atoms with Gasteiger partial charge in [0.15, 0.2) is 12.3 Å². The number of aryl methyl sites for hydroxylation is 1. The zero-order valence-corrected chi connectivity index (χ0v) is 15.8. The van der Waals surface area contributed by atoms with Crippen molar-refractivity contribution in [2.24, 2.45) is 0 Å².